The number of hydrogen-bond acceptors (Lipinski definition) is 5. The molecule has 1 saturated carbocycles. The fourth-order valence-corrected chi connectivity index (χ4v) is 3.95. The van der Waals surface area contributed by atoms with E-state index in [2.05, 4.69) is 9.71 Å². The predicted octanol–water partition coefficient (Wildman–Crippen LogP) is 2.49. The Morgan fingerprint density at radius 1 is 1.36 bits per heavy atom. The fourth-order valence-electron chi connectivity index (χ4n) is 2.70. The summed E-state index contributed by atoms with van der Waals surface area (Å²) in [6, 6.07) is 10.5. The van der Waals surface area contributed by atoms with Gasteiger partial charge in [0.2, 0.25) is 15.9 Å². The van der Waals surface area contributed by atoms with Crippen molar-refractivity contribution in [1.29, 1.82) is 0 Å². The van der Waals surface area contributed by atoms with E-state index in [4.69, 9.17) is 16.3 Å². The van der Waals surface area contributed by atoms with E-state index >= 15 is 0 Å². The standard InChI is InChI=1S/C17H17ClN2O4S/c1-24-13-4-2-3-12(7-13)14-8-15(14)17(21)20-25(22,23)10-11-5-6-16(18)19-9-11/h2-7,9,14-15H,8,10H2,1H3,(H,20,21)/t14-,15+/m0/s1. The van der Waals surface area contributed by atoms with Crippen LogP contribution >= 0.6 is 11.6 Å². The van der Waals surface area contributed by atoms with Crippen LogP contribution in [0.2, 0.25) is 5.15 Å². The molecule has 1 heterocycles. The molecule has 25 heavy (non-hydrogen) atoms. The van der Waals surface area contributed by atoms with Gasteiger partial charge < -0.3 is 4.74 Å². The number of methoxy groups -OCH3 is 1. The zero-order valence-corrected chi connectivity index (χ0v) is 15.0. The molecule has 0 bridgehead atoms. The molecule has 0 spiro atoms. The van der Waals surface area contributed by atoms with Gasteiger partial charge in [0, 0.05) is 12.1 Å². The van der Waals surface area contributed by atoms with Crippen LogP contribution in [-0.4, -0.2) is 26.4 Å². The molecule has 132 valence electrons. The van der Waals surface area contributed by atoms with Crippen LogP contribution < -0.4 is 9.46 Å². The van der Waals surface area contributed by atoms with E-state index in [1.807, 2.05) is 24.3 Å². The first-order valence-electron chi connectivity index (χ1n) is 7.66. The van der Waals surface area contributed by atoms with Gasteiger partial charge in [0.25, 0.3) is 0 Å². The number of aromatic nitrogens is 1. The maximum atomic E-state index is 12.2. The normalized spacial score (nSPS) is 19.3. The Morgan fingerprint density at radius 2 is 2.16 bits per heavy atom. The number of nitrogens with one attached hydrogen (secondary N) is 1. The van der Waals surface area contributed by atoms with Crippen LogP contribution in [-0.2, 0) is 20.6 Å². The molecule has 0 saturated heterocycles. The Labute approximate surface area is 151 Å². The molecule has 1 aromatic carbocycles. The zero-order valence-electron chi connectivity index (χ0n) is 13.5. The maximum Gasteiger partial charge on any atom is 0.239 e. The molecule has 1 N–H and O–H groups in total. The van der Waals surface area contributed by atoms with Gasteiger partial charge in [-0.05, 0) is 41.7 Å². The minimum absolute atomic E-state index is 0.0162. The first-order chi connectivity index (χ1) is 11.9. The number of halogens is 1. The van der Waals surface area contributed by atoms with Gasteiger partial charge >= 0.3 is 0 Å². The minimum Gasteiger partial charge on any atom is -0.497 e. The number of hydrogen-bond donors (Lipinski definition) is 1. The lowest BCUT2D eigenvalue weighted by Gasteiger charge is -2.07. The lowest BCUT2D eigenvalue weighted by molar-refractivity contribution is -0.120. The molecule has 1 amide bonds. The molecule has 1 aliphatic carbocycles. The van der Waals surface area contributed by atoms with Crippen LogP contribution in [0.4, 0.5) is 0 Å². The summed E-state index contributed by atoms with van der Waals surface area (Å²) in [5, 5.41) is 0.282. The summed E-state index contributed by atoms with van der Waals surface area (Å²) in [6.45, 7) is 0. The Hall–Kier alpha value is -2.12. The van der Waals surface area contributed by atoms with E-state index in [9.17, 15) is 13.2 Å². The highest BCUT2D eigenvalue weighted by atomic mass is 35.5. The van der Waals surface area contributed by atoms with E-state index in [0.29, 0.717) is 17.7 Å². The Bertz CT molecular complexity index is 884. The van der Waals surface area contributed by atoms with E-state index in [1.54, 1.807) is 13.2 Å². The first kappa shape index (κ1) is 17.7. The van der Waals surface area contributed by atoms with Crippen LogP contribution in [0.25, 0.3) is 0 Å². The number of amides is 1. The van der Waals surface area contributed by atoms with E-state index in [0.717, 1.165) is 5.56 Å². The van der Waals surface area contributed by atoms with Crippen LogP contribution in [0.5, 0.6) is 5.75 Å². The molecule has 8 heteroatoms. The van der Waals surface area contributed by atoms with Crippen molar-refractivity contribution in [2.45, 2.75) is 18.1 Å². The molecule has 6 nitrogen and oxygen atoms in total. The number of nitrogens with zero attached hydrogens (tertiary/aromatic N) is 1. The van der Waals surface area contributed by atoms with Crippen molar-refractivity contribution in [2.75, 3.05) is 7.11 Å². The summed E-state index contributed by atoms with van der Waals surface area (Å²) in [4.78, 5) is 16.1. The number of rotatable bonds is 6. The molecule has 1 fully saturated rings. The van der Waals surface area contributed by atoms with Crippen molar-refractivity contribution in [1.82, 2.24) is 9.71 Å². The summed E-state index contributed by atoms with van der Waals surface area (Å²) >= 11 is 5.67. The van der Waals surface area contributed by atoms with Crippen molar-refractivity contribution in [3.05, 3.63) is 58.9 Å². The van der Waals surface area contributed by atoms with Gasteiger partial charge in [0.15, 0.2) is 0 Å². The summed E-state index contributed by atoms with van der Waals surface area (Å²) in [5.74, 6) is -0.409. The topological polar surface area (TPSA) is 85.4 Å². The largest absolute Gasteiger partial charge is 0.497 e. The van der Waals surface area contributed by atoms with Gasteiger partial charge in [0.1, 0.15) is 10.9 Å². The average molecular weight is 381 g/mol. The number of carbonyl (C=O) groups excluding carboxylic acids is 1. The molecular weight excluding hydrogens is 364 g/mol. The fraction of sp³-hybridized carbons (Fsp3) is 0.294. The molecule has 0 aliphatic heterocycles. The lowest BCUT2D eigenvalue weighted by atomic mass is 10.1. The van der Waals surface area contributed by atoms with Crippen LogP contribution in [0, 0.1) is 5.92 Å². The third-order valence-electron chi connectivity index (χ3n) is 4.05. The molecule has 0 radical (unpaired) electrons. The van der Waals surface area contributed by atoms with Crippen LogP contribution in [0.3, 0.4) is 0 Å². The van der Waals surface area contributed by atoms with Gasteiger partial charge in [-0.1, -0.05) is 29.8 Å². The SMILES string of the molecule is COc1cccc([C@@H]2C[C@H]2C(=O)NS(=O)(=O)Cc2ccc(Cl)nc2)c1. The Balaban J connectivity index is 1.61. The lowest BCUT2D eigenvalue weighted by Crippen LogP contribution is -2.33. The molecule has 3 rings (SSSR count). The van der Waals surface area contributed by atoms with Crippen molar-refractivity contribution in [3.8, 4) is 5.75 Å². The second-order valence-corrected chi connectivity index (χ2v) is 8.05. The highest BCUT2D eigenvalue weighted by Gasteiger charge is 2.45. The third kappa shape index (κ3) is 4.49. The minimum atomic E-state index is -3.78. The number of carbonyl (C=O) groups is 1. The zero-order chi connectivity index (χ0) is 18.0. The smallest absolute Gasteiger partial charge is 0.239 e. The number of sulfonamides is 1. The predicted molar refractivity (Wildman–Crippen MR) is 93.9 cm³/mol. The Kier molecular flexibility index (Phi) is 4.96. The highest BCUT2D eigenvalue weighted by molar-refractivity contribution is 7.89. The van der Waals surface area contributed by atoms with E-state index in [-0.39, 0.29) is 22.7 Å². The van der Waals surface area contributed by atoms with Gasteiger partial charge in [-0.2, -0.15) is 0 Å². The van der Waals surface area contributed by atoms with Crippen molar-refractivity contribution >= 4 is 27.5 Å². The first-order valence-corrected chi connectivity index (χ1v) is 9.70. The summed E-state index contributed by atoms with van der Waals surface area (Å²) in [5.41, 5.74) is 1.43. The van der Waals surface area contributed by atoms with Crippen molar-refractivity contribution in [2.24, 2.45) is 5.92 Å². The molecule has 1 aromatic heterocycles. The van der Waals surface area contributed by atoms with Gasteiger partial charge in [-0.25, -0.2) is 13.4 Å². The second-order valence-electron chi connectivity index (χ2n) is 5.94. The third-order valence-corrected chi connectivity index (χ3v) is 5.50. The monoisotopic (exact) mass is 380 g/mol. The van der Waals surface area contributed by atoms with Gasteiger partial charge in [0.05, 0.1) is 12.9 Å². The Morgan fingerprint density at radius 3 is 2.84 bits per heavy atom. The molecule has 1 aliphatic rings. The second kappa shape index (κ2) is 7.01. The molecule has 2 atom stereocenters. The molecule has 0 unspecified atom stereocenters. The number of pyridine rings is 1. The van der Waals surface area contributed by atoms with Crippen molar-refractivity contribution < 1.29 is 17.9 Å². The highest BCUT2D eigenvalue weighted by Crippen LogP contribution is 2.48. The molecule has 2 aromatic rings. The van der Waals surface area contributed by atoms with E-state index in [1.165, 1.54) is 12.3 Å². The number of benzene rings is 1. The van der Waals surface area contributed by atoms with Gasteiger partial charge in [-0.3, -0.25) is 9.52 Å². The summed E-state index contributed by atoms with van der Waals surface area (Å²) in [7, 11) is -2.20. The summed E-state index contributed by atoms with van der Waals surface area (Å²) in [6.07, 6.45) is 2.00. The van der Waals surface area contributed by atoms with Crippen molar-refractivity contribution in [3.63, 3.8) is 0 Å². The maximum absolute atomic E-state index is 12.2. The van der Waals surface area contributed by atoms with Crippen LogP contribution in [0.15, 0.2) is 42.6 Å². The summed E-state index contributed by atoms with van der Waals surface area (Å²) < 4.78 is 31.6. The number of ether oxygens (including phenoxy) is 1. The van der Waals surface area contributed by atoms with Crippen LogP contribution in [0.1, 0.15) is 23.5 Å². The quantitative estimate of drug-likeness (QED) is 0.778. The average Bonchev–Trinajstić information content (AvgIpc) is 3.37. The molecular formula is C17H17ClN2O4S. The van der Waals surface area contributed by atoms with Gasteiger partial charge in [-0.15, -0.1) is 0 Å². The van der Waals surface area contributed by atoms with E-state index < -0.39 is 15.9 Å².